The number of amides is 4. The maximum atomic E-state index is 14.5. The summed E-state index contributed by atoms with van der Waals surface area (Å²) in [6.45, 7) is 8.68. The Morgan fingerprint density at radius 1 is 0.815 bits per heavy atom. The number of fused-ring (bicyclic) bond motifs is 6. The number of imidazole rings is 1. The van der Waals surface area contributed by atoms with Gasteiger partial charge in [0.25, 0.3) is 0 Å². The SMILES string of the molecule is COC[C@H]1C[C@@H](C2=Nc3ccc4cc(-c5ccc6c(ccc7[nH]c([C@@H]8C[C@H](C)CN8C(=O)[C@@H](NC(=O)OC)C(C)C)nc76)c5)ccc4c3C2)N(C(=O)[C@@H](NC(=O)OC)C2CCOCC2)C1. The highest BCUT2D eigenvalue weighted by atomic mass is 16.5. The van der Waals surface area contributed by atoms with Gasteiger partial charge < -0.3 is 44.4 Å². The molecular formula is C50H59N7O8. The number of ether oxygens (including phenoxy) is 4. The summed E-state index contributed by atoms with van der Waals surface area (Å²) in [6, 6.07) is 19.5. The zero-order valence-corrected chi connectivity index (χ0v) is 38.0. The maximum Gasteiger partial charge on any atom is 0.407 e. The number of aromatic nitrogens is 2. The fourth-order valence-electron chi connectivity index (χ4n) is 10.6. The van der Waals surface area contributed by atoms with Crippen molar-refractivity contribution in [3.05, 3.63) is 72.1 Å². The molecule has 4 aliphatic heterocycles. The van der Waals surface area contributed by atoms with Crippen molar-refractivity contribution < 1.29 is 38.1 Å². The molecule has 0 spiro atoms. The molecule has 1 aromatic heterocycles. The third kappa shape index (κ3) is 8.63. The number of likely N-dealkylation sites (tertiary alicyclic amines) is 2. The summed E-state index contributed by atoms with van der Waals surface area (Å²) >= 11 is 0. The number of hydrogen-bond donors (Lipinski definition) is 3. The Bertz CT molecular complexity index is 2670. The van der Waals surface area contributed by atoms with Crippen molar-refractivity contribution in [2.24, 2.45) is 28.7 Å². The van der Waals surface area contributed by atoms with E-state index in [9.17, 15) is 19.2 Å². The normalized spacial score (nSPS) is 22.0. The number of rotatable bonds is 11. The van der Waals surface area contributed by atoms with Gasteiger partial charge in [0.05, 0.1) is 49.6 Å². The first-order valence-corrected chi connectivity index (χ1v) is 22.9. The lowest BCUT2D eigenvalue weighted by atomic mass is 9.90. The lowest BCUT2D eigenvalue weighted by molar-refractivity contribution is -0.136. The second-order valence-electron chi connectivity index (χ2n) is 18.6. The zero-order chi connectivity index (χ0) is 45.5. The number of nitrogens with one attached hydrogen (secondary N) is 3. The molecule has 3 fully saturated rings. The summed E-state index contributed by atoms with van der Waals surface area (Å²) in [5, 5.41) is 9.91. The fraction of sp³-hybridized carbons (Fsp3) is 0.480. The molecule has 4 aliphatic rings. The van der Waals surface area contributed by atoms with Crippen LogP contribution in [0.15, 0.2) is 65.7 Å². The number of carbonyl (C=O) groups is 4. The molecule has 342 valence electrons. The van der Waals surface area contributed by atoms with E-state index in [2.05, 4.69) is 83.2 Å². The van der Waals surface area contributed by atoms with E-state index in [0.29, 0.717) is 52.2 Å². The molecule has 4 amide bonds. The first-order chi connectivity index (χ1) is 31.4. The quantitative estimate of drug-likeness (QED) is 0.122. The van der Waals surface area contributed by atoms with Gasteiger partial charge in [0, 0.05) is 56.8 Å². The molecule has 5 heterocycles. The Morgan fingerprint density at radius 3 is 2.20 bits per heavy atom. The Morgan fingerprint density at radius 2 is 1.49 bits per heavy atom. The summed E-state index contributed by atoms with van der Waals surface area (Å²) in [5.41, 5.74) is 6.93. The summed E-state index contributed by atoms with van der Waals surface area (Å²) < 4.78 is 20.9. The molecular weight excluding hydrogens is 827 g/mol. The van der Waals surface area contributed by atoms with Crippen LogP contribution in [0.1, 0.15) is 63.9 Å². The molecule has 0 unspecified atom stereocenters. The van der Waals surface area contributed by atoms with Crippen molar-refractivity contribution in [1.29, 1.82) is 0 Å². The molecule has 5 aromatic rings. The van der Waals surface area contributed by atoms with Crippen LogP contribution in [0, 0.1) is 23.7 Å². The Hall–Kier alpha value is -6.06. The monoisotopic (exact) mass is 885 g/mol. The Kier molecular flexibility index (Phi) is 12.5. The predicted molar refractivity (Wildman–Crippen MR) is 248 cm³/mol. The third-order valence-electron chi connectivity index (χ3n) is 14.0. The minimum Gasteiger partial charge on any atom is -0.453 e. The van der Waals surface area contributed by atoms with Crippen LogP contribution < -0.4 is 10.6 Å². The highest BCUT2D eigenvalue weighted by Crippen LogP contribution is 2.41. The van der Waals surface area contributed by atoms with Crippen LogP contribution in [0.3, 0.4) is 0 Å². The molecule has 3 saturated heterocycles. The van der Waals surface area contributed by atoms with Gasteiger partial charge in [0.15, 0.2) is 0 Å². The molecule has 65 heavy (non-hydrogen) atoms. The van der Waals surface area contributed by atoms with Gasteiger partial charge in [-0.05, 0) is 101 Å². The molecule has 6 atom stereocenters. The Balaban J connectivity index is 0.953. The lowest BCUT2D eigenvalue weighted by Gasteiger charge is -2.34. The van der Waals surface area contributed by atoms with Gasteiger partial charge in [-0.3, -0.25) is 14.6 Å². The summed E-state index contributed by atoms with van der Waals surface area (Å²) in [4.78, 5) is 70.7. The van der Waals surface area contributed by atoms with Crippen molar-refractivity contribution in [2.45, 2.75) is 77.0 Å². The first kappa shape index (κ1) is 44.2. The summed E-state index contributed by atoms with van der Waals surface area (Å²) in [7, 11) is 4.30. The zero-order valence-electron chi connectivity index (χ0n) is 38.0. The highest BCUT2D eigenvalue weighted by molar-refractivity contribution is 6.07. The van der Waals surface area contributed by atoms with Crippen LogP contribution >= 0.6 is 0 Å². The number of nitrogens with zero attached hydrogens (tertiary/aromatic N) is 4. The number of H-pyrrole nitrogens is 1. The molecule has 0 aliphatic carbocycles. The van der Waals surface area contributed by atoms with Crippen molar-refractivity contribution in [2.75, 3.05) is 54.2 Å². The second-order valence-corrected chi connectivity index (χ2v) is 18.6. The minimum absolute atomic E-state index is 0.0569. The number of benzene rings is 4. The minimum atomic E-state index is -0.720. The molecule has 15 heteroatoms. The molecule has 9 rings (SSSR count). The van der Waals surface area contributed by atoms with Gasteiger partial charge in [-0.1, -0.05) is 57.2 Å². The largest absolute Gasteiger partial charge is 0.453 e. The van der Waals surface area contributed by atoms with Crippen molar-refractivity contribution in [3.63, 3.8) is 0 Å². The van der Waals surface area contributed by atoms with Crippen LogP contribution in [0.2, 0.25) is 0 Å². The molecule has 0 radical (unpaired) electrons. The van der Waals surface area contributed by atoms with Gasteiger partial charge in [0.1, 0.15) is 17.9 Å². The molecule has 0 saturated carbocycles. The van der Waals surface area contributed by atoms with E-state index < -0.39 is 24.3 Å². The van der Waals surface area contributed by atoms with Crippen LogP contribution in [0.5, 0.6) is 0 Å². The van der Waals surface area contributed by atoms with E-state index >= 15 is 0 Å². The van der Waals surface area contributed by atoms with Crippen molar-refractivity contribution in [1.82, 2.24) is 30.4 Å². The van der Waals surface area contributed by atoms with Crippen molar-refractivity contribution in [3.8, 4) is 11.1 Å². The number of aliphatic imine (C=N–C) groups is 1. The highest BCUT2D eigenvalue weighted by Gasteiger charge is 2.44. The standard InChI is InChI=1S/C50H59N7O8/c1-27(2)43(54-49(60)63-5)47(58)56-24-28(3)19-42(56)46-52-39-14-10-34-22-32(8-12-36(34)45(39)53-46)31-7-11-35-33(21-31)9-13-38-37(35)23-40(51-38)41-20-29(26-62-4)25-57(41)48(59)44(55-50(61)64-6)30-15-17-65-18-16-30/h7-14,21-22,27-30,41-44H,15-20,23-26H2,1-6H3,(H,52,53)(H,54,60)(H,55,61)/t28-,29-,41-,42-,43-,44-/m0/s1. The van der Waals surface area contributed by atoms with Gasteiger partial charge in [0.2, 0.25) is 11.8 Å². The number of methoxy groups -OCH3 is 3. The van der Waals surface area contributed by atoms with E-state index in [4.69, 9.17) is 28.9 Å². The lowest BCUT2D eigenvalue weighted by Crippen LogP contribution is -2.55. The van der Waals surface area contributed by atoms with E-state index in [1.807, 2.05) is 23.6 Å². The average Bonchev–Trinajstić information content (AvgIpc) is 4.14. The second kappa shape index (κ2) is 18.4. The van der Waals surface area contributed by atoms with Crippen LogP contribution in [-0.2, 0) is 35.0 Å². The van der Waals surface area contributed by atoms with Crippen LogP contribution in [-0.4, -0.2) is 122 Å². The van der Waals surface area contributed by atoms with E-state index in [1.165, 1.54) is 14.2 Å². The first-order valence-electron chi connectivity index (χ1n) is 22.9. The van der Waals surface area contributed by atoms with Crippen LogP contribution in [0.25, 0.3) is 43.7 Å². The smallest absolute Gasteiger partial charge is 0.407 e. The Labute approximate surface area is 378 Å². The third-order valence-corrected chi connectivity index (χ3v) is 14.0. The molecule has 3 N–H and O–H groups in total. The molecule has 15 nitrogen and oxygen atoms in total. The van der Waals surface area contributed by atoms with Crippen LogP contribution in [0.4, 0.5) is 15.3 Å². The molecule has 0 bridgehead atoms. The van der Waals surface area contributed by atoms with E-state index in [1.54, 1.807) is 7.11 Å². The van der Waals surface area contributed by atoms with Gasteiger partial charge in [-0.25, -0.2) is 14.6 Å². The molecule has 4 aromatic carbocycles. The van der Waals surface area contributed by atoms with E-state index in [-0.39, 0.29) is 47.6 Å². The predicted octanol–water partition coefficient (Wildman–Crippen LogP) is 7.47. The van der Waals surface area contributed by atoms with Gasteiger partial charge in [-0.2, -0.15) is 0 Å². The topological polar surface area (TPSA) is 177 Å². The maximum absolute atomic E-state index is 14.5. The summed E-state index contributed by atoms with van der Waals surface area (Å²) in [5.74, 6) is 0.701. The number of carbonyl (C=O) groups excluding carboxylic acids is 4. The number of hydrogen-bond acceptors (Lipinski definition) is 10. The number of alkyl carbamates (subject to hydrolysis) is 2. The van der Waals surface area contributed by atoms with Gasteiger partial charge >= 0.3 is 12.2 Å². The van der Waals surface area contributed by atoms with E-state index in [0.717, 1.165) is 79.3 Å². The van der Waals surface area contributed by atoms with Gasteiger partial charge in [-0.15, -0.1) is 0 Å². The van der Waals surface area contributed by atoms with Crippen molar-refractivity contribution >= 4 is 68.0 Å². The fourth-order valence-corrected chi connectivity index (χ4v) is 10.6. The number of aromatic amines is 1. The summed E-state index contributed by atoms with van der Waals surface area (Å²) in [6.07, 6.45) is 2.23. The average molecular weight is 886 g/mol.